The predicted molar refractivity (Wildman–Crippen MR) is 134 cm³/mol. The van der Waals surface area contributed by atoms with Crippen LogP contribution in [0.25, 0.3) is 0 Å². The maximum atomic E-state index is 15.3. The van der Waals surface area contributed by atoms with E-state index >= 15 is 4.39 Å². The van der Waals surface area contributed by atoms with Gasteiger partial charge in [0, 0.05) is 6.20 Å². The summed E-state index contributed by atoms with van der Waals surface area (Å²) >= 11 is 0. The number of hydrogen-bond donors (Lipinski definition) is 4. The van der Waals surface area contributed by atoms with Gasteiger partial charge in [0.25, 0.3) is 0 Å². The highest BCUT2D eigenvalue weighted by molar-refractivity contribution is 7.52. The third-order valence-corrected chi connectivity index (χ3v) is 7.24. The van der Waals surface area contributed by atoms with Gasteiger partial charge in [0.1, 0.15) is 29.3 Å². The molecule has 13 heteroatoms. The maximum Gasteiger partial charge on any atom is 0.459 e. The van der Waals surface area contributed by atoms with Crippen LogP contribution in [0, 0.1) is 0 Å². The lowest BCUT2D eigenvalue weighted by atomic mass is 9.97. The summed E-state index contributed by atoms with van der Waals surface area (Å²) in [6, 6.07) is 7.03. The molecule has 0 saturated carbocycles. The Morgan fingerprint density at radius 3 is 2.68 bits per heavy atom. The Kier molecular flexibility index (Phi) is 9.17. The Morgan fingerprint density at radius 2 is 2.08 bits per heavy atom. The topological polar surface area (TPSA) is 145 Å². The lowest BCUT2D eigenvalue weighted by Crippen LogP contribution is -2.49. The Balaban J connectivity index is 1.82. The monoisotopic (exact) mass is 540 g/mol. The second-order valence-corrected chi connectivity index (χ2v) is 10.6. The summed E-state index contributed by atoms with van der Waals surface area (Å²) < 4.78 is 51.3. The van der Waals surface area contributed by atoms with Crippen LogP contribution in [-0.2, 0) is 23.4 Å². The van der Waals surface area contributed by atoms with E-state index < -0.39 is 62.7 Å². The summed E-state index contributed by atoms with van der Waals surface area (Å²) in [4.78, 5) is 13.7. The molecule has 0 aliphatic carbocycles. The van der Waals surface area contributed by atoms with Crippen molar-refractivity contribution >= 4 is 13.7 Å². The molecule has 0 bridgehead atoms. The molecule has 3 unspecified atom stereocenters. The third kappa shape index (κ3) is 6.78. The van der Waals surface area contributed by atoms with Crippen molar-refractivity contribution in [3.63, 3.8) is 0 Å². The zero-order valence-electron chi connectivity index (χ0n) is 21.0. The first-order chi connectivity index (χ1) is 17.4. The number of para-hydroxylation sites is 1. The molecule has 5 N–H and O–H groups in total. The number of ether oxygens (including phenoxy) is 2. The van der Waals surface area contributed by atoms with E-state index in [9.17, 15) is 14.5 Å². The SMILES string of the molecule is C=C[C@]1(COP(=O)(NC(C)C(=O)OC(C)C)Oc2ccccc2)O[C@@H](N2C=CC(N)NC2=C)[C@H](F)[C@@H]1O. The number of nitrogens with zero attached hydrogens (tertiary/aromatic N) is 1. The zero-order chi connectivity index (χ0) is 27.4. The normalized spacial score (nSPS) is 29.9. The van der Waals surface area contributed by atoms with E-state index in [1.54, 1.807) is 50.3 Å². The van der Waals surface area contributed by atoms with Crippen LogP contribution in [0.3, 0.4) is 0 Å². The van der Waals surface area contributed by atoms with Crippen molar-refractivity contribution in [3.05, 3.63) is 67.7 Å². The minimum atomic E-state index is -4.31. The van der Waals surface area contributed by atoms with Crippen LogP contribution in [0.1, 0.15) is 20.8 Å². The smallest absolute Gasteiger partial charge is 0.459 e. The molecule has 1 fully saturated rings. The molecular weight excluding hydrogens is 506 g/mol. The van der Waals surface area contributed by atoms with Crippen molar-refractivity contribution in [1.82, 2.24) is 15.3 Å². The molecule has 0 spiro atoms. The van der Waals surface area contributed by atoms with Crippen LogP contribution < -0.4 is 20.7 Å². The predicted octanol–water partition coefficient (Wildman–Crippen LogP) is 2.27. The van der Waals surface area contributed by atoms with Crippen molar-refractivity contribution in [2.24, 2.45) is 5.73 Å². The average molecular weight is 541 g/mol. The van der Waals surface area contributed by atoms with E-state index in [0.717, 1.165) is 0 Å². The van der Waals surface area contributed by atoms with Crippen LogP contribution in [0.4, 0.5) is 4.39 Å². The number of hydrogen-bond acceptors (Lipinski definition) is 10. The fraction of sp³-hybridized carbons (Fsp3) is 0.458. The number of benzene rings is 1. The van der Waals surface area contributed by atoms with Gasteiger partial charge in [-0.3, -0.25) is 9.32 Å². The number of nitrogens with one attached hydrogen (secondary N) is 2. The van der Waals surface area contributed by atoms with Crippen LogP contribution in [-0.4, -0.2) is 65.0 Å². The lowest BCUT2D eigenvalue weighted by Gasteiger charge is -2.35. The van der Waals surface area contributed by atoms with Crippen molar-refractivity contribution in [1.29, 1.82) is 0 Å². The maximum absolute atomic E-state index is 15.3. The van der Waals surface area contributed by atoms with Gasteiger partial charge in [-0.05, 0) is 39.0 Å². The third-order valence-electron chi connectivity index (χ3n) is 5.62. The van der Waals surface area contributed by atoms with Crippen LogP contribution >= 0.6 is 7.75 Å². The largest absolute Gasteiger partial charge is 0.462 e. The summed E-state index contributed by atoms with van der Waals surface area (Å²) in [7, 11) is -4.31. The van der Waals surface area contributed by atoms with E-state index in [4.69, 9.17) is 24.3 Å². The molecule has 2 aliphatic heterocycles. The average Bonchev–Trinajstić information content (AvgIpc) is 3.08. The standard InChI is InChI=1S/C24H34FN4O7P/c1-6-24(21(30)20(25)22(35-24)29-13-12-19(26)27-17(29)5)14-33-37(32,36-18-10-8-7-9-11-18)28-16(4)23(31)34-15(2)3/h6-13,15-16,19-22,27,30H,1,5,14,26H2,2-4H3,(H,28,32)/t16?,19?,20-,21+,22-,24-,37?/m1/s1. The number of alkyl halides is 1. The number of nitrogens with two attached hydrogens (primary N) is 1. The number of carbonyl (C=O) groups is 1. The molecule has 2 aliphatic rings. The van der Waals surface area contributed by atoms with Crippen molar-refractivity contribution in [3.8, 4) is 5.75 Å². The molecule has 204 valence electrons. The summed E-state index contributed by atoms with van der Waals surface area (Å²) in [6.45, 7) is 11.6. The van der Waals surface area contributed by atoms with Crippen molar-refractivity contribution < 1.29 is 37.4 Å². The highest BCUT2D eigenvalue weighted by atomic mass is 31.2. The van der Waals surface area contributed by atoms with E-state index in [-0.39, 0.29) is 11.6 Å². The van der Waals surface area contributed by atoms with E-state index in [0.29, 0.717) is 0 Å². The second-order valence-electron chi connectivity index (χ2n) is 8.93. The number of halogens is 1. The number of aliphatic hydroxyl groups excluding tert-OH is 1. The van der Waals surface area contributed by atoms with Crippen LogP contribution in [0.2, 0.25) is 0 Å². The molecule has 7 atom stereocenters. The summed E-state index contributed by atoms with van der Waals surface area (Å²) in [5.41, 5.74) is 3.96. The zero-order valence-corrected chi connectivity index (χ0v) is 21.8. The highest BCUT2D eigenvalue weighted by Gasteiger charge is 2.57. The molecule has 37 heavy (non-hydrogen) atoms. The molecule has 3 rings (SSSR count). The minimum Gasteiger partial charge on any atom is -0.462 e. The molecule has 11 nitrogen and oxygen atoms in total. The Bertz CT molecular complexity index is 1060. The number of carbonyl (C=O) groups excluding carboxylic acids is 1. The Labute approximate surface area is 215 Å². The van der Waals surface area contributed by atoms with E-state index in [1.807, 2.05) is 0 Å². The molecule has 1 aromatic carbocycles. The fourth-order valence-electron chi connectivity index (χ4n) is 3.69. The van der Waals surface area contributed by atoms with Gasteiger partial charge in [-0.1, -0.05) is 30.9 Å². The highest BCUT2D eigenvalue weighted by Crippen LogP contribution is 2.48. The number of aliphatic hydroxyl groups is 1. The molecular formula is C24H34FN4O7P. The van der Waals surface area contributed by atoms with Gasteiger partial charge in [-0.15, -0.1) is 6.58 Å². The fourth-order valence-corrected chi connectivity index (χ4v) is 5.22. The first kappa shape index (κ1) is 28.8. The lowest BCUT2D eigenvalue weighted by molar-refractivity contribution is -0.149. The first-order valence-corrected chi connectivity index (χ1v) is 13.2. The first-order valence-electron chi connectivity index (χ1n) is 11.7. The number of rotatable bonds is 11. The molecule has 1 saturated heterocycles. The number of esters is 1. The summed E-state index contributed by atoms with van der Waals surface area (Å²) in [5.74, 6) is -0.245. The molecule has 0 radical (unpaired) electrons. The second kappa shape index (κ2) is 11.8. The van der Waals surface area contributed by atoms with Gasteiger partial charge in [-0.25, -0.2) is 8.96 Å². The van der Waals surface area contributed by atoms with E-state index in [2.05, 4.69) is 23.6 Å². The van der Waals surface area contributed by atoms with Crippen LogP contribution in [0.15, 0.2) is 67.7 Å². The van der Waals surface area contributed by atoms with Crippen molar-refractivity contribution in [2.45, 2.75) is 63.2 Å². The summed E-state index contributed by atoms with van der Waals surface area (Å²) in [5, 5.41) is 16.2. The minimum absolute atomic E-state index is 0.182. The Hall–Kier alpha value is -2.73. The van der Waals surface area contributed by atoms with Crippen LogP contribution in [0.5, 0.6) is 5.75 Å². The Morgan fingerprint density at radius 1 is 1.41 bits per heavy atom. The quantitative estimate of drug-likeness (QED) is 0.186. The van der Waals surface area contributed by atoms with Crippen molar-refractivity contribution in [2.75, 3.05) is 6.61 Å². The molecule has 0 amide bonds. The van der Waals surface area contributed by atoms with Gasteiger partial charge in [0.2, 0.25) is 0 Å². The van der Waals surface area contributed by atoms with Gasteiger partial charge < -0.3 is 35.1 Å². The van der Waals surface area contributed by atoms with E-state index in [1.165, 1.54) is 24.1 Å². The molecule has 0 aromatic heterocycles. The molecule has 1 aromatic rings. The van der Waals surface area contributed by atoms with Gasteiger partial charge in [-0.2, -0.15) is 5.09 Å². The molecule has 2 heterocycles. The van der Waals surface area contributed by atoms with Gasteiger partial charge in [0.05, 0.1) is 18.9 Å². The van der Waals surface area contributed by atoms with Gasteiger partial charge >= 0.3 is 13.7 Å². The summed E-state index contributed by atoms with van der Waals surface area (Å²) in [6.07, 6.45) is -1.70. The van der Waals surface area contributed by atoms with Gasteiger partial charge in [0.15, 0.2) is 12.4 Å².